The molecule has 1 aliphatic carbocycles. The molecular weight excluding hydrogens is 222 g/mol. The van der Waals surface area contributed by atoms with Crippen LogP contribution in [0.15, 0.2) is 16.7 Å². The summed E-state index contributed by atoms with van der Waals surface area (Å²) in [6, 6.07) is 2.50. The van der Waals surface area contributed by atoms with Crippen molar-refractivity contribution in [1.82, 2.24) is 5.32 Å². The first kappa shape index (κ1) is 13.7. The van der Waals surface area contributed by atoms with Gasteiger partial charge in [-0.1, -0.05) is 39.0 Å². The fraction of sp³-hybridized carbons (Fsp3) is 0.750. The van der Waals surface area contributed by atoms with E-state index in [4.69, 9.17) is 4.42 Å². The molecule has 1 aromatic heterocycles. The van der Waals surface area contributed by atoms with E-state index in [1.54, 1.807) is 0 Å². The van der Waals surface area contributed by atoms with E-state index in [9.17, 15) is 0 Å². The molecule has 2 rings (SSSR count). The van der Waals surface area contributed by atoms with Crippen molar-refractivity contribution in [1.29, 1.82) is 0 Å². The summed E-state index contributed by atoms with van der Waals surface area (Å²) in [5.74, 6) is 2.05. The molecule has 2 heteroatoms. The minimum Gasteiger partial charge on any atom is -0.467 e. The average Bonchev–Trinajstić information content (AvgIpc) is 2.82. The Morgan fingerprint density at radius 1 is 1.33 bits per heavy atom. The lowest BCUT2D eigenvalue weighted by molar-refractivity contribution is 0.279. The second-order valence-electron chi connectivity index (χ2n) is 5.71. The first-order valence-electron chi connectivity index (χ1n) is 7.58. The summed E-state index contributed by atoms with van der Waals surface area (Å²) >= 11 is 0. The van der Waals surface area contributed by atoms with Gasteiger partial charge in [0.25, 0.3) is 0 Å². The van der Waals surface area contributed by atoms with Crippen molar-refractivity contribution in [3.8, 4) is 0 Å². The van der Waals surface area contributed by atoms with Gasteiger partial charge in [0, 0.05) is 0 Å². The van der Waals surface area contributed by atoms with Crippen LogP contribution in [0, 0.1) is 12.8 Å². The highest BCUT2D eigenvalue weighted by atomic mass is 16.3. The number of furan rings is 1. The molecule has 0 aromatic carbocycles. The van der Waals surface area contributed by atoms with Crippen LogP contribution in [0.4, 0.5) is 0 Å². The molecular formula is C16H27NO. The van der Waals surface area contributed by atoms with E-state index >= 15 is 0 Å². The predicted molar refractivity (Wildman–Crippen MR) is 75.7 cm³/mol. The Kier molecular flexibility index (Phi) is 5.30. The molecule has 1 aliphatic rings. The van der Waals surface area contributed by atoms with E-state index < -0.39 is 0 Å². The van der Waals surface area contributed by atoms with E-state index in [-0.39, 0.29) is 0 Å². The zero-order valence-electron chi connectivity index (χ0n) is 11.9. The first-order chi connectivity index (χ1) is 8.81. The monoisotopic (exact) mass is 249 g/mol. The number of hydrogen-bond donors (Lipinski definition) is 1. The Labute approximate surface area is 111 Å². The molecule has 1 unspecified atom stereocenters. The average molecular weight is 249 g/mol. The molecule has 1 aromatic rings. The summed E-state index contributed by atoms with van der Waals surface area (Å²) in [5.41, 5.74) is 1.29. The highest BCUT2D eigenvalue weighted by Gasteiger charge is 2.22. The zero-order valence-corrected chi connectivity index (χ0v) is 11.9. The normalized spacial score (nSPS) is 19.0. The minimum atomic E-state index is 0.419. The topological polar surface area (TPSA) is 25.2 Å². The summed E-state index contributed by atoms with van der Waals surface area (Å²) in [6.07, 6.45) is 11.3. The van der Waals surface area contributed by atoms with Gasteiger partial charge in [-0.15, -0.1) is 0 Å². The maximum absolute atomic E-state index is 5.70. The molecule has 0 aliphatic heterocycles. The van der Waals surface area contributed by atoms with Crippen molar-refractivity contribution in [3.63, 3.8) is 0 Å². The maximum atomic E-state index is 5.70. The summed E-state index contributed by atoms with van der Waals surface area (Å²) in [4.78, 5) is 0. The predicted octanol–water partition coefficient (Wildman–Crippen LogP) is 4.60. The van der Waals surface area contributed by atoms with Gasteiger partial charge in [0.15, 0.2) is 0 Å². The third-order valence-corrected chi connectivity index (χ3v) is 4.15. The Morgan fingerprint density at radius 3 is 2.72 bits per heavy atom. The standard InChI is InChI=1S/C16H27NO/c1-3-10-17-15(16-13(2)9-11-18-16)12-14-7-5-4-6-8-14/h9,11,14-15,17H,3-8,10,12H2,1-2H3. The van der Waals surface area contributed by atoms with Gasteiger partial charge in [0.1, 0.15) is 5.76 Å². The van der Waals surface area contributed by atoms with Crippen LogP contribution < -0.4 is 5.32 Å². The van der Waals surface area contributed by atoms with E-state index in [1.165, 1.54) is 50.5 Å². The van der Waals surface area contributed by atoms with Crippen LogP contribution in [0.2, 0.25) is 0 Å². The van der Waals surface area contributed by atoms with Gasteiger partial charge in [-0.05, 0) is 43.9 Å². The van der Waals surface area contributed by atoms with Crippen molar-refractivity contribution in [2.24, 2.45) is 5.92 Å². The molecule has 0 spiro atoms. The van der Waals surface area contributed by atoms with Crippen molar-refractivity contribution < 1.29 is 4.42 Å². The number of aryl methyl sites for hydroxylation is 1. The Balaban J connectivity index is 1.98. The zero-order chi connectivity index (χ0) is 12.8. The third-order valence-electron chi connectivity index (χ3n) is 4.15. The van der Waals surface area contributed by atoms with Gasteiger partial charge in [-0.25, -0.2) is 0 Å². The van der Waals surface area contributed by atoms with E-state index in [1.807, 2.05) is 6.26 Å². The molecule has 1 heterocycles. The SMILES string of the molecule is CCCNC(CC1CCCCC1)c1occc1C. The van der Waals surface area contributed by atoms with E-state index in [2.05, 4.69) is 25.2 Å². The van der Waals surface area contributed by atoms with Gasteiger partial charge < -0.3 is 9.73 Å². The van der Waals surface area contributed by atoms with Crippen LogP contribution in [0.5, 0.6) is 0 Å². The summed E-state index contributed by atoms with van der Waals surface area (Å²) in [7, 11) is 0. The molecule has 1 atom stereocenters. The third kappa shape index (κ3) is 3.61. The quantitative estimate of drug-likeness (QED) is 0.797. The van der Waals surface area contributed by atoms with Crippen LogP contribution in [-0.2, 0) is 0 Å². The maximum Gasteiger partial charge on any atom is 0.123 e. The largest absolute Gasteiger partial charge is 0.467 e. The number of rotatable bonds is 6. The van der Waals surface area contributed by atoms with Crippen LogP contribution in [-0.4, -0.2) is 6.54 Å². The van der Waals surface area contributed by atoms with Gasteiger partial charge >= 0.3 is 0 Å². The van der Waals surface area contributed by atoms with Crippen LogP contribution in [0.25, 0.3) is 0 Å². The lowest BCUT2D eigenvalue weighted by Gasteiger charge is -2.26. The first-order valence-corrected chi connectivity index (χ1v) is 7.58. The summed E-state index contributed by atoms with van der Waals surface area (Å²) in [6.45, 7) is 5.46. The highest BCUT2D eigenvalue weighted by molar-refractivity contribution is 5.18. The van der Waals surface area contributed by atoms with Crippen molar-refractivity contribution in [2.75, 3.05) is 6.54 Å². The van der Waals surface area contributed by atoms with Gasteiger partial charge in [0.2, 0.25) is 0 Å². The lowest BCUT2D eigenvalue weighted by Crippen LogP contribution is -2.25. The van der Waals surface area contributed by atoms with Crippen molar-refractivity contribution in [2.45, 2.75) is 64.8 Å². The van der Waals surface area contributed by atoms with Gasteiger partial charge in [-0.3, -0.25) is 0 Å². The second-order valence-corrected chi connectivity index (χ2v) is 5.71. The molecule has 0 radical (unpaired) electrons. The van der Waals surface area contributed by atoms with E-state index in [0.29, 0.717) is 6.04 Å². The molecule has 0 amide bonds. The smallest absolute Gasteiger partial charge is 0.123 e. The molecule has 2 nitrogen and oxygen atoms in total. The molecule has 1 saturated carbocycles. The number of nitrogens with one attached hydrogen (secondary N) is 1. The van der Waals surface area contributed by atoms with Crippen molar-refractivity contribution >= 4 is 0 Å². The van der Waals surface area contributed by atoms with Gasteiger partial charge in [0.05, 0.1) is 12.3 Å². The second kappa shape index (κ2) is 6.98. The molecule has 1 N–H and O–H groups in total. The molecule has 0 saturated heterocycles. The van der Waals surface area contributed by atoms with Gasteiger partial charge in [-0.2, -0.15) is 0 Å². The fourth-order valence-electron chi connectivity index (χ4n) is 3.10. The summed E-state index contributed by atoms with van der Waals surface area (Å²) in [5, 5.41) is 3.67. The van der Waals surface area contributed by atoms with Crippen molar-refractivity contribution in [3.05, 3.63) is 23.7 Å². The molecule has 18 heavy (non-hydrogen) atoms. The Morgan fingerprint density at radius 2 is 2.11 bits per heavy atom. The molecule has 102 valence electrons. The number of hydrogen-bond acceptors (Lipinski definition) is 2. The fourth-order valence-corrected chi connectivity index (χ4v) is 3.10. The molecule has 0 bridgehead atoms. The van der Waals surface area contributed by atoms with E-state index in [0.717, 1.165) is 18.2 Å². The Bertz CT molecular complexity index is 339. The van der Waals surface area contributed by atoms with Crippen LogP contribution >= 0.6 is 0 Å². The minimum absolute atomic E-state index is 0.419. The van der Waals surface area contributed by atoms with Crippen LogP contribution in [0.1, 0.15) is 69.2 Å². The highest BCUT2D eigenvalue weighted by Crippen LogP contribution is 2.33. The Hall–Kier alpha value is -0.760. The molecule has 1 fully saturated rings. The lowest BCUT2D eigenvalue weighted by atomic mass is 9.84. The summed E-state index contributed by atoms with van der Waals surface area (Å²) < 4.78 is 5.70. The van der Waals surface area contributed by atoms with Crippen LogP contribution in [0.3, 0.4) is 0 Å².